The number of aryl methyl sites for hydroxylation is 1. The van der Waals surface area contributed by atoms with Crippen LogP contribution in [0, 0.1) is 12.7 Å². The molecule has 1 aromatic rings. The number of nitrogens with zero attached hydrogens (tertiary/aromatic N) is 1. The van der Waals surface area contributed by atoms with Gasteiger partial charge in [-0.25, -0.2) is 9.38 Å². The van der Waals surface area contributed by atoms with Crippen molar-refractivity contribution in [3.05, 3.63) is 46.6 Å². The van der Waals surface area contributed by atoms with E-state index in [0.717, 1.165) is 0 Å². The highest BCUT2D eigenvalue weighted by atomic mass is 32.2. The number of hydrogen-bond acceptors (Lipinski definition) is 3. The monoisotopic (exact) mass is 236 g/mol. The quantitative estimate of drug-likeness (QED) is 0.814. The molecule has 0 fully saturated rings. The lowest BCUT2D eigenvalue weighted by atomic mass is 9.91. The van der Waals surface area contributed by atoms with E-state index in [1.807, 2.05) is 24.5 Å². The molecule has 16 heavy (non-hydrogen) atoms. The number of amidine groups is 1. The van der Waals surface area contributed by atoms with E-state index in [1.54, 1.807) is 19.1 Å². The molecule has 1 aliphatic rings. The number of nitrogens with two attached hydrogens (primary N) is 1. The molecule has 2 nitrogen and oxygen atoms in total. The molecule has 0 saturated heterocycles. The van der Waals surface area contributed by atoms with Gasteiger partial charge in [-0.3, -0.25) is 0 Å². The number of thioether (sulfide) groups is 1. The minimum atomic E-state index is -0.689. The molecule has 1 unspecified atom stereocenters. The van der Waals surface area contributed by atoms with Crippen molar-refractivity contribution in [2.45, 2.75) is 19.4 Å². The van der Waals surface area contributed by atoms with Crippen molar-refractivity contribution in [2.24, 2.45) is 10.7 Å². The topological polar surface area (TPSA) is 38.4 Å². The van der Waals surface area contributed by atoms with Crippen molar-refractivity contribution < 1.29 is 4.39 Å². The van der Waals surface area contributed by atoms with Crippen LogP contribution < -0.4 is 5.73 Å². The minimum absolute atomic E-state index is 0.210. The third-order valence-corrected chi connectivity index (χ3v) is 3.27. The number of rotatable bonds is 1. The fourth-order valence-electron chi connectivity index (χ4n) is 1.72. The van der Waals surface area contributed by atoms with Crippen molar-refractivity contribution >= 4 is 16.9 Å². The summed E-state index contributed by atoms with van der Waals surface area (Å²) < 4.78 is 14.0. The number of hydrogen-bond donors (Lipinski definition) is 1. The van der Waals surface area contributed by atoms with E-state index in [-0.39, 0.29) is 5.82 Å². The molecular formula is C12H13FN2S. The highest BCUT2D eigenvalue weighted by Gasteiger charge is 2.28. The molecule has 1 atom stereocenters. The average molecular weight is 236 g/mol. The summed E-state index contributed by atoms with van der Waals surface area (Å²) >= 11 is 1.35. The first-order valence-corrected chi connectivity index (χ1v) is 5.86. The van der Waals surface area contributed by atoms with Gasteiger partial charge in [0.1, 0.15) is 11.4 Å². The summed E-state index contributed by atoms with van der Waals surface area (Å²) in [6, 6.07) is 5.33. The maximum Gasteiger partial charge on any atom is 0.159 e. The van der Waals surface area contributed by atoms with Crippen LogP contribution in [0.5, 0.6) is 0 Å². The van der Waals surface area contributed by atoms with Crippen molar-refractivity contribution in [1.82, 2.24) is 0 Å². The van der Waals surface area contributed by atoms with Gasteiger partial charge in [0.2, 0.25) is 0 Å². The number of halogens is 1. The molecule has 1 heterocycles. The lowest BCUT2D eigenvalue weighted by molar-refractivity contribution is 0.540. The van der Waals surface area contributed by atoms with E-state index >= 15 is 0 Å². The van der Waals surface area contributed by atoms with Gasteiger partial charge < -0.3 is 5.73 Å². The Morgan fingerprint density at radius 1 is 1.44 bits per heavy atom. The van der Waals surface area contributed by atoms with Gasteiger partial charge in [0.15, 0.2) is 5.17 Å². The summed E-state index contributed by atoms with van der Waals surface area (Å²) in [5.74, 6) is -0.210. The van der Waals surface area contributed by atoms with Crippen LogP contribution >= 0.6 is 11.8 Å². The zero-order chi connectivity index (χ0) is 11.8. The smallest absolute Gasteiger partial charge is 0.159 e. The van der Waals surface area contributed by atoms with Gasteiger partial charge in [-0.2, -0.15) is 0 Å². The Morgan fingerprint density at radius 2 is 2.19 bits per heavy atom. The summed E-state index contributed by atoms with van der Waals surface area (Å²) in [4.78, 5) is 4.32. The van der Waals surface area contributed by atoms with Gasteiger partial charge in [-0.15, -0.1) is 0 Å². The van der Waals surface area contributed by atoms with Gasteiger partial charge in [0, 0.05) is 5.56 Å². The third-order valence-electron chi connectivity index (χ3n) is 2.66. The van der Waals surface area contributed by atoms with E-state index in [4.69, 9.17) is 5.73 Å². The van der Waals surface area contributed by atoms with E-state index in [1.165, 1.54) is 11.8 Å². The molecule has 2 N–H and O–H groups in total. The molecule has 0 aromatic heterocycles. The molecule has 4 heteroatoms. The molecule has 0 saturated carbocycles. The van der Waals surface area contributed by atoms with Crippen LogP contribution in [0.3, 0.4) is 0 Å². The van der Waals surface area contributed by atoms with Crippen molar-refractivity contribution in [2.75, 3.05) is 0 Å². The molecule has 84 valence electrons. The largest absolute Gasteiger partial charge is 0.378 e. The van der Waals surface area contributed by atoms with Gasteiger partial charge in [-0.05, 0) is 30.9 Å². The Balaban J connectivity index is 2.55. The van der Waals surface area contributed by atoms with Gasteiger partial charge in [0.25, 0.3) is 0 Å². The molecule has 1 aliphatic heterocycles. The van der Waals surface area contributed by atoms with E-state index in [9.17, 15) is 4.39 Å². The highest BCUT2D eigenvalue weighted by Crippen LogP contribution is 2.34. The third kappa shape index (κ3) is 1.85. The standard InChI is InChI=1S/C12H13FN2S/c1-8-4-3-5-9(10(8)13)12(2)6-7-16-11(14)15-12/h3-7H,1-2H3,(H2,14,15). The fraction of sp³-hybridized carbons (Fsp3) is 0.250. The summed E-state index contributed by atoms with van der Waals surface area (Å²) in [5, 5.41) is 2.32. The zero-order valence-corrected chi connectivity index (χ0v) is 10.0. The summed E-state index contributed by atoms with van der Waals surface area (Å²) in [7, 11) is 0. The zero-order valence-electron chi connectivity index (χ0n) is 9.20. The van der Waals surface area contributed by atoms with E-state index in [0.29, 0.717) is 16.3 Å². The SMILES string of the molecule is Cc1cccc(C2(C)C=CSC(N)=N2)c1F. The average Bonchev–Trinajstić information content (AvgIpc) is 2.21. The minimum Gasteiger partial charge on any atom is -0.378 e. The maximum atomic E-state index is 14.0. The summed E-state index contributed by atoms with van der Waals surface area (Å²) in [6.45, 7) is 3.60. The lowest BCUT2D eigenvalue weighted by Gasteiger charge is -2.26. The summed E-state index contributed by atoms with van der Waals surface area (Å²) in [6.07, 6.45) is 1.87. The molecule has 1 aromatic carbocycles. The molecule has 0 amide bonds. The second-order valence-corrected chi connectivity index (χ2v) is 4.88. The lowest BCUT2D eigenvalue weighted by Crippen LogP contribution is -2.24. The molecule has 2 rings (SSSR count). The highest BCUT2D eigenvalue weighted by molar-refractivity contribution is 8.16. The first-order chi connectivity index (χ1) is 7.53. The number of benzene rings is 1. The van der Waals surface area contributed by atoms with Gasteiger partial charge in [-0.1, -0.05) is 30.0 Å². The first-order valence-electron chi connectivity index (χ1n) is 4.98. The van der Waals surface area contributed by atoms with Gasteiger partial charge in [0.05, 0.1) is 0 Å². The van der Waals surface area contributed by atoms with E-state index < -0.39 is 5.54 Å². The van der Waals surface area contributed by atoms with Crippen LogP contribution in [0.25, 0.3) is 0 Å². The Morgan fingerprint density at radius 3 is 2.88 bits per heavy atom. The number of aliphatic imine (C=N–C) groups is 1. The van der Waals surface area contributed by atoms with Crippen molar-refractivity contribution in [3.63, 3.8) is 0 Å². The van der Waals surface area contributed by atoms with Crippen LogP contribution in [0.2, 0.25) is 0 Å². The van der Waals surface area contributed by atoms with Crippen molar-refractivity contribution in [1.29, 1.82) is 0 Å². The second kappa shape index (κ2) is 3.94. The molecule has 0 aliphatic carbocycles. The maximum absolute atomic E-state index is 14.0. The molecule has 0 spiro atoms. The van der Waals surface area contributed by atoms with Crippen LogP contribution in [0.15, 0.2) is 34.7 Å². The molecule has 0 radical (unpaired) electrons. The molecular weight excluding hydrogens is 223 g/mol. The predicted molar refractivity (Wildman–Crippen MR) is 66.8 cm³/mol. The van der Waals surface area contributed by atoms with Crippen LogP contribution in [0.1, 0.15) is 18.1 Å². The van der Waals surface area contributed by atoms with Crippen molar-refractivity contribution in [3.8, 4) is 0 Å². The van der Waals surface area contributed by atoms with Gasteiger partial charge >= 0.3 is 0 Å². The Kier molecular flexibility index (Phi) is 2.76. The van der Waals surface area contributed by atoms with E-state index in [2.05, 4.69) is 4.99 Å². The van der Waals surface area contributed by atoms with Crippen LogP contribution in [-0.2, 0) is 5.54 Å². The normalized spacial score (nSPS) is 24.3. The predicted octanol–water partition coefficient (Wildman–Crippen LogP) is 2.92. The van der Waals surface area contributed by atoms with Crippen LogP contribution in [-0.4, -0.2) is 5.17 Å². The summed E-state index contributed by atoms with van der Waals surface area (Å²) in [5.41, 5.74) is 6.17. The molecule has 0 bridgehead atoms. The van der Waals surface area contributed by atoms with Crippen LogP contribution in [0.4, 0.5) is 4.39 Å². The Hall–Kier alpha value is -1.29. The second-order valence-electron chi connectivity index (χ2n) is 3.95. The Labute approximate surface area is 98.4 Å². The Bertz CT molecular complexity index is 482. The first kappa shape index (κ1) is 11.2. The fourth-order valence-corrected chi connectivity index (χ4v) is 2.43.